The molecule has 0 unspecified atom stereocenters. The van der Waals surface area contributed by atoms with Crippen molar-refractivity contribution in [1.82, 2.24) is 9.97 Å². The van der Waals surface area contributed by atoms with Crippen LogP contribution in [-0.2, 0) is 6.61 Å². The number of aromatic nitrogens is 2. The van der Waals surface area contributed by atoms with Crippen molar-refractivity contribution in [3.63, 3.8) is 0 Å². The standard InChI is InChI=1S/C24H18ClFN4O2.C8H20N/c1-2-23(31)29-17-6-8-21-19(11-17)24(28-14-27-21)30-18-7-9-22(20(25)12-18)32-13-15-4-3-5-16(26)10-15;1-5-9(6-2,7-3)8-4/h2-12,14H,1,13H2,(H,29,31)(H,27,28,30);5-8H2,1-4H3/q;+1/p-1. The minimum absolute atomic E-state index is 0.191. The number of nitrogens with zero attached hydrogens (tertiary/aromatic N) is 4. The van der Waals surface area contributed by atoms with Crippen LogP contribution in [0, 0.1) is 5.82 Å². The molecule has 216 valence electrons. The van der Waals surface area contributed by atoms with Crippen molar-refractivity contribution < 1.29 is 18.7 Å². The lowest BCUT2D eigenvalue weighted by Crippen LogP contribution is -2.47. The molecule has 0 aliphatic carbocycles. The molecule has 0 aliphatic heterocycles. The third-order valence-electron chi connectivity index (χ3n) is 7.19. The normalized spacial score (nSPS) is 11.5. The molecule has 0 aliphatic rings. The zero-order valence-corrected chi connectivity index (χ0v) is 24.8. The Morgan fingerprint density at radius 2 is 1.76 bits per heavy atom. The minimum Gasteiger partial charge on any atom is -0.859 e. The van der Waals surface area contributed by atoms with Crippen LogP contribution in [0.25, 0.3) is 10.9 Å². The summed E-state index contributed by atoms with van der Waals surface area (Å²) in [6.07, 6.45) is 2.58. The van der Waals surface area contributed by atoms with Crippen LogP contribution in [0.15, 0.2) is 84.6 Å². The summed E-state index contributed by atoms with van der Waals surface area (Å²) >= 11 is 6.38. The molecule has 7 nitrogen and oxygen atoms in total. The third kappa shape index (κ3) is 8.74. The van der Waals surface area contributed by atoms with Crippen LogP contribution in [-0.4, -0.2) is 46.5 Å². The van der Waals surface area contributed by atoms with Crippen molar-refractivity contribution in [2.24, 2.45) is 4.99 Å². The average Bonchev–Trinajstić information content (AvgIpc) is 2.99. The predicted octanol–water partition coefficient (Wildman–Crippen LogP) is 7.20. The molecule has 4 rings (SSSR count). The second-order valence-corrected chi connectivity index (χ2v) is 9.78. The largest absolute Gasteiger partial charge is 0.859 e. The van der Waals surface area contributed by atoms with E-state index in [1.807, 2.05) is 0 Å². The van der Waals surface area contributed by atoms with Crippen molar-refractivity contribution in [1.29, 1.82) is 0 Å². The van der Waals surface area contributed by atoms with Crippen molar-refractivity contribution >= 4 is 45.6 Å². The van der Waals surface area contributed by atoms with Crippen LogP contribution in [0.5, 0.6) is 5.75 Å². The summed E-state index contributed by atoms with van der Waals surface area (Å²) in [5.41, 5.74) is 2.54. The van der Waals surface area contributed by atoms with E-state index in [0.29, 0.717) is 44.4 Å². The monoisotopic (exact) mass is 577 g/mol. The fourth-order valence-corrected chi connectivity index (χ4v) is 4.58. The Kier molecular flexibility index (Phi) is 11.6. The molecular weight excluding hydrogens is 541 g/mol. The summed E-state index contributed by atoms with van der Waals surface area (Å²) < 4.78 is 20.3. The Labute approximate surface area is 246 Å². The van der Waals surface area contributed by atoms with Crippen LogP contribution in [0.3, 0.4) is 0 Å². The minimum atomic E-state index is -0.434. The van der Waals surface area contributed by atoms with Gasteiger partial charge in [0.25, 0.3) is 0 Å². The summed E-state index contributed by atoms with van der Waals surface area (Å²) in [6, 6.07) is 16.6. The molecule has 0 spiro atoms. The predicted molar refractivity (Wildman–Crippen MR) is 165 cm³/mol. The molecule has 0 atom stereocenters. The van der Waals surface area contributed by atoms with E-state index in [4.69, 9.17) is 16.3 Å². The van der Waals surface area contributed by atoms with Crippen LogP contribution in [0.4, 0.5) is 21.6 Å². The van der Waals surface area contributed by atoms with Gasteiger partial charge < -0.3 is 19.6 Å². The van der Waals surface area contributed by atoms with Gasteiger partial charge in [0, 0.05) is 11.1 Å². The molecule has 1 aromatic heterocycles. The number of ether oxygens (including phenoxy) is 1. The fourth-order valence-electron chi connectivity index (χ4n) is 4.35. The maximum atomic E-state index is 13.3. The number of hydrogen-bond donors (Lipinski definition) is 1. The molecule has 1 heterocycles. The topological polar surface area (TPSA) is 82.5 Å². The Morgan fingerprint density at radius 1 is 1.02 bits per heavy atom. The smallest absolute Gasteiger partial charge is 0.141 e. The number of rotatable bonds is 11. The van der Waals surface area contributed by atoms with Crippen LogP contribution in [0.2, 0.25) is 5.02 Å². The van der Waals surface area contributed by atoms with Crippen molar-refractivity contribution in [2.75, 3.05) is 31.5 Å². The highest BCUT2D eigenvalue weighted by Gasteiger charge is 2.16. The molecule has 4 aromatic rings. The number of benzene rings is 3. The Hall–Kier alpha value is -4.01. The highest BCUT2D eigenvalue weighted by molar-refractivity contribution is 6.32. The van der Waals surface area contributed by atoms with Gasteiger partial charge in [0.15, 0.2) is 0 Å². The van der Waals surface area contributed by atoms with Gasteiger partial charge in [-0.15, -0.1) is 0 Å². The van der Waals surface area contributed by atoms with Gasteiger partial charge in [-0.25, -0.2) is 14.4 Å². The van der Waals surface area contributed by atoms with E-state index in [-0.39, 0.29) is 12.4 Å². The number of halogens is 2. The van der Waals surface area contributed by atoms with E-state index in [9.17, 15) is 9.50 Å². The third-order valence-corrected chi connectivity index (χ3v) is 7.49. The van der Waals surface area contributed by atoms with Gasteiger partial charge in [-0.3, -0.25) is 4.99 Å². The van der Waals surface area contributed by atoms with Gasteiger partial charge in [-0.1, -0.05) is 36.4 Å². The molecule has 0 fully saturated rings. The lowest BCUT2D eigenvalue weighted by Gasteiger charge is -2.34. The van der Waals surface area contributed by atoms with Gasteiger partial charge in [0.2, 0.25) is 0 Å². The lowest BCUT2D eigenvalue weighted by atomic mass is 10.2. The highest BCUT2D eigenvalue weighted by atomic mass is 35.5. The highest BCUT2D eigenvalue weighted by Crippen LogP contribution is 2.32. The number of aliphatic imine (C=N–C) groups is 1. The van der Waals surface area contributed by atoms with Gasteiger partial charge in [-0.05, 0) is 87.7 Å². The zero-order valence-electron chi connectivity index (χ0n) is 24.0. The molecule has 0 bridgehead atoms. The van der Waals surface area contributed by atoms with E-state index < -0.39 is 5.90 Å². The maximum absolute atomic E-state index is 13.3. The summed E-state index contributed by atoms with van der Waals surface area (Å²) in [5.74, 6) is 0.246. The Balaban J connectivity index is 0.000000445. The Morgan fingerprint density at radius 3 is 2.37 bits per heavy atom. The van der Waals surface area contributed by atoms with Gasteiger partial charge >= 0.3 is 0 Å². The molecule has 1 N–H and O–H groups in total. The van der Waals surface area contributed by atoms with Crippen molar-refractivity contribution in [3.8, 4) is 5.75 Å². The number of nitrogens with one attached hydrogen (secondary N) is 1. The van der Waals surface area contributed by atoms with Gasteiger partial charge in [0.05, 0.1) is 42.4 Å². The number of quaternary nitrogens is 1. The van der Waals surface area contributed by atoms with E-state index in [2.05, 4.69) is 54.6 Å². The maximum Gasteiger partial charge on any atom is 0.141 e. The first-order valence-corrected chi connectivity index (χ1v) is 14.1. The molecule has 9 heteroatoms. The Bertz CT molecular complexity index is 1470. The summed E-state index contributed by atoms with van der Waals surface area (Å²) in [5, 5.41) is 15.8. The second kappa shape index (κ2) is 15.1. The van der Waals surface area contributed by atoms with Crippen LogP contribution >= 0.6 is 11.6 Å². The van der Waals surface area contributed by atoms with Crippen molar-refractivity contribution in [2.45, 2.75) is 34.3 Å². The number of anilines is 2. The summed E-state index contributed by atoms with van der Waals surface area (Å²) in [4.78, 5) is 12.5. The van der Waals surface area contributed by atoms with Crippen molar-refractivity contribution in [3.05, 3.63) is 96.0 Å². The second-order valence-electron chi connectivity index (χ2n) is 9.37. The average molecular weight is 578 g/mol. The SMILES string of the molecule is C=CC([O-])=Nc1ccc2ncnc(Nc3ccc(OCc4cccc(F)c4)c(Cl)c3)c2c1.CC[N+](CC)(CC)CC. The first kappa shape index (κ1) is 31.5. The quantitative estimate of drug-likeness (QED) is 0.116. The zero-order chi connectivity index (χ0) is 29.8. The van der Waals surface area contributed by atoms with E-state index >= 15 is 0 Å². The molecule has 0 saturated heterocycles. The molecule has 41 heavy (non-hydrogen) atoms. The van der Waals surface area contributed by atoms with Crippen LogP contribution < -0.4 is 15.2 Å². The van der Waals surface area contributed by atoms with Gasteiger partial charge in [0.1, 0.15) is 30.3 Å². The molecule has 0 amide bonds. The number of fused-ring (bicyclic) bond motifs is 1. The molecular formula is C32H37ClFN5O2. The molecule has 0 saturated carbocycles. The lowest BCUT2D eigenvalue weighted by molar-refractivity contribution is -0.921. The van der Waals surface area contributed by atoms with Crippen LogP contribution in [0.1, 0.15) is 33.3 Å². The molecule has 0 radical (unpaired) electrons. The first-order valence-electron chi connectivity index (χ1n) is 13.7. The summed E-state index contributed by atoms with van der Waals surface area (Å²) in [6.45, 7) is 17.8. The van der Waals surface area contributed by atoms with E-state index in [0.717, 1.165) is 6.08 Å². The molecule has 3 aromatic carbocycles. The number of hydrogen-bond acceptors (Lipinski definition) is 6. The summed E-state index contributed by atoms with van der Waals surface area (Å²) in [7, 11) is 0. The van der Waals surface area contributed by atoms with Gasteiger partial charge in [-0.2, -0.15) is 0 Å². The fraction of sp³-hybridized carbons (Fsp3) is 0.281. The van der Waals surface area contributed by atoms with E-state index in [1.54, 1.807) is 48.5 Å². The van der Waals surface area contributed by atoms with E-state index in [1.165, 1.54) is 49.1 Å². The first-order chi connectivity index (χ1) is 19.8.